The van der Waals surface area contributed by atoms with E-state index in [1.54, 1.807) is 12.3 Å². The second-order valence-corrected chi connectivity index (χ2v) is 6.26. The van der Waals surface area contributed by atoms with Gasteiger partial charge in [0, 0.05) is 36.4 Å². The SMILES string of the molecule is CCCCCNc1nccc(C(=O)NCCc2c[nH]c3ccccc23)n1. The van der Waals surface area contributed by atoms with Crippen LogP contribution < -0.4 is 10.6 Å². The molecule has 0 aliphatic rings. The monoisotopic (exact) mass is 351 g/mol. The molecule has 0 atom stereocenters. The minimum atomic E-state index is -0.177. The van der Waals surface area contributed by atoms with Crippen LogP contribution in [0.3, 0.4) is 0 Å². The standard InChI is InChI=1S/C20H25N5O/c1-2-3-6-11-22-20-23-13-10-18(25-20)19(26)21-12-9-15-14-24-17-8-5-4-7-16(15)17/h4-5,7-8,10,13-14,24H,2-3,6,9,11-12H2,1H3,(H,21,26)(H,22,23,25). The summed E-state index contributed by atoms with van der Waals surface area (Å²) in [5, 5.41) is 7.30. The molecule has 0 saturated heterocycles. The predicted molar refractivity (Wildman–Crippen MR) is 104 cm³/mol. The first-order chi connectivity index (χ1) is 12.8. The molecule has 0 bridgehead atoms. The number of hydrogen-bond acceptors (Lipinski definition) is 4. The lowest BCUT2D eigenvalue weighted by molar-refractivity contribution is 0.0949. The third-order valence-corrected chi connectivity index (χ3v) is 4.31. The fraction of sp³-hybridized carbons (Fsp3) is 0.350. The number of fused-ring (bicyclic) bond motifs is 1. The number of benzene rings is 1. The first-order valence-electron chi connectivity index (χ1n) is 9.18. The molecule has 2 heterocycles. The van der Waals surface area contributed by atoms with Crippen LogP contribution in [-0.2, 0) is 6.42 Å². The highest BCUT2D eigenvalue weighted by atomic mass is 16.1. The van der Waals surface area contributed by atoms with Gasteiger partial charge < -0.3 is 15.6 Å². The van der Waals surface area contributed by atoms with Crippen LogP contribution in [0, 0.1) is 0 Å². The van der Waals surface area contributed by atoms with E-state index in [2.05, 4.69) is 38.6 Å². The number of aromatic amines is 1. The van der Waals surface area contributed by atoms with E-state index in [1.165, 1.54) is 23.8 Å². The van der Waals surface area contributed by atoms with Crippen molar-refractivity contribution in [3.63, 3.8) is 0 Å². The molecule has 0 aliphatic heterocycles. The van der Waals surface area contributed by atoms with Crippen LogP contribution in [0.15, 0.2) is 42.7 Å². The molecule has 3 rings (SSSR count). The fourth-order valence-corrected chi connectivity index (χ4v) is 2.89. The Morgan fingerprint density at radius 1 is 1.15 bits per heavy atom. The van der Waals surface area contributed by atoms with Gasteiger partial charge in [-0.1, -0.05) is 38.0 Å². The van der Waals surface area contributed by atoms with Crippen LogP contribution in [0.1, 0.15) is 42.2 Å². The Labute approximate surface area is 153 Å². The lowest BCUT2D eigenvalue weighted by atomic mass is 10.1. The minimum absolute atomic E-state index is 0.177. The van der Waals surface area contributed by atoms with Crippen molar-refractivity contribution < 1.29 is 4.79 Å². The largest absolute Gasteiger partial charge is 0.361 e. The lowest BCUT2D eigenvalue weighted by Gasteiger charge is -2.07. The Morgan fingerprint density at radius 2 is 2.04 bits per heavy atom. The van der Waals surface area contributed by atoms with Crippen LogP contribution in [0.2, 0.25) is 0 Å². The quantitative estimate of drug-likeness (QED) is 0.515. The molecule has 26 heavy (non-hydrogen) atoms. The third-order valence-electron chi connectivity index (χ3n) is 4.31. The van der Waals surface area contributed by atoms with Gasteiger partial charge in [0.05, 0.1) is 0 Å². The zero-order valence-corrected chi connectivity index (χ0v) is 15.1. The molecule has 136 valence electrons. The third kappa shape index (κ3) is 4.59. The number of para-hydroxylation sites is 1. The predicted octanol–water partition coefficient (Wildman–Crippen LogP) is 3.53. The summed E-state index contributed by atoms with van der Waals surface area (Å²) >= 11 is 0. The number of aromatic nitrogens is 3. The average molecular weight is 351 g/mol. The molecule has 1 amide bonds. The summed E-state index contributed by atoms with van der Waals surface area (Å²) in [6, 6.07) is 9.80. The normalized spacial score (nSPS) is 10.8. The fourth-order valence-electron chi connectivity index (χ4n) is 2.89. The number of nitrogens with zero attached hydrogens (tertiary/aromatic N) is 2. The Bertz CT molecular complexity index is 858. The molecule has 0 spiro atoms. The molecule has 0 fully saturated rings. The van der Waals surface area contributed by atoms with E-state index in [1.807, 2.05) is 24.4 Å². The number of H-pyrrole nitrogens is 1. The summed E-state index contributed by atoms with van der Waals surface area (Å²) < 4.78 is 0. The topological polar surface area (TPSA) is 82.7 Å². The molecule has 0 aliphatic carbocycles. The number of nitrogens with one attached hydrogen (secondary N) is 3. The summed E-state index contributed by atoms with van der Waals surface area (Å²) in [7, 11) is 0. The van der Waals surface area contributed by atoms with E-state index in [-0.39, 0.29) is 5.91 Å². The summed E-state index contributed by atoms with van der Waals surface area (Å²) in [6.07, 6.45) is 7.79. The van der Waals surface area contributed by atoms with Gasteiger partial charge in [-0.2, -0.15) is 0 Å². The van der Waals surface area contributed by atoms with Gasteiger partial charge in [0.15, 0.2) is 0 Å². The number of amides is 1. The van der Waals surface area contributed by atoms with Gasteiger partial charge in [0.25, 0.3) is 5.91 Å². The molecule has 1 aromatic carbocycles. The molecule has 3 N–H and O–H groups in total. The first-order valence-corrected chi connectivity index (χ1v) is 9.18. The van der Waals surface area contributed by atoms with Crippen molar-refractivity contribution >= 4 is 22.8 Å². The van der Waals surface area contributed by atoms with Gasteiger partial charge in [-0.15, -0.1) is 0 Å². The highest BCUT2D eigenvalue weighted by molar-refractivity contribution is 5.92. The number of unbranched alkanes of at least 4 members (excludes halogenated alkanes) is 2. The van der Waals surface area contributed by atoms with Crippen molar-refractivity contribution in [2.24, 2.45) is 0 Å². The van der Waals surface area contributed by atoms with Crippen molar-refractivity contribution in [2.45, 2.75) is 32.6 Å². The number of rotatable bonds is 9. The molecule has 6 heteroatoms. The molecule has 2 aromatic heterocycles. The number of carbonyl (C=O) groups is 1. The number of carbonyl (C=O) groups excluding carboxylic acids is 1. The van der Waals surface area contributed by atoms with E-state index >= 15 is 0 Å². The molecular formula is C20H25N5O. The number of hydrogen-bond donors (Lipinski definition) is 3. The summed E-state index contributed by atoms with van der Waals surface area (Å²) in [5.74, 6) is 0.328. The van der Waals surface area contributed by atoms with Crippen LogP contribution in [0.5, 0.6) is 0 Å². The Morgan fingerprint density at radius 3 is 2.92 bits per heavy atom. The highest BCUT2D eigenvalue weighted by Crippen LogP contribution is 2.17. The number of anilines is 1. The van der Waals surface area contributed by atoms with Crippen molar-refractivity contribution in [1.29, 1.82) is 0 Å². The van der Waals surface area contributed by atoms with Gasteiger partial charge in [-0.3, -0.25) is 4.79 Å². The van der Waals surface area contributed by atoms with Gasteiger partial charge in [-0.05, 0) is 30.5 Å². The van der Waals surface area contributed by atoms with Gasteiger partial charge in [0.2, 0.25) is 5.95 Å². The summed E-state index contributed by atoms with van der Waals surface area (Å²) in [5.41, 5.74) is 2.70. The molecule has 3 aromatic rings. The van der Waals surface area contributed by atoms with Crippen molar-refractivity contribution in [3.05, 3.63) is 54.0 Å². The molecular weight excluding hydrogens is 326 g/mol. The van der Waals surface area contributed by atoms with Crippen LogP contribution >= 0.6 is 0 Å². The second-order valence-electron chi connectivity index (χ2n) is 6.26. The molecule has 0 unspecified atom stereocenters. The average Bonchev–Trinajstić information content (AvgIpc) is 3.09. The van der Waals surface area contributed by atoms with Crippen molar-refractivity contribution in [1.82, 2.24) is 20.3 Å². The van der Waals surface area contributed by atoms with Gasteiger partial charge in [0.1, 0.15) is 5.69 Å². The lowest BCUT2D eigenvalue weighted by Crippen LogP contribution is -2.26. The zero-order chi connectivity index (χ0) is 18.2. The minimum Gasteiger partial charge on any atom is -0.361 e. The van der Waals surface area contributed by atoms with Crippen LogP contribution in [0.4, 0.5) is 5.95 Å². The van der Waals surface area contributed by atoms with E-state index < -0.39 is 0 Å². The Hall–Kier alpha value is -2.89. The smallest absolute Gasteiger partial charge is 0.270 e. The summed E-state index contributed by atoms with van der Waals surface area (Å²) in [6.45, 7) is 3.54. The maximum Gasteiger partial charge on any atom is 0.270 e. The summed E-state index contributed by atoms with van der Waals surface area (Å²) in [4.78, 5) is 24.0. The van der Waals surface area contributed by atoms with Crippen molar-refractivity contribution in [3.8, 4) is 0 Å². The van der Waals surface area contributed by atoms with Gasteiger partial charge >= 0.3 is 0 Å². The van der Waals surface area contributed by atoms with Crippen LogP contribution in [0.25, 0.3) is 10.9 Å². The van der Waals surface area contributed by atoms with E-state index in [4.69, 9.17) is 0 Å². The van der Waals surface area contributed by atoms with Crippen LogP contribution in [-0.4, -0.2) is 33.9 Å². The van der Waals surface area contributed by atoms with E-state index in [0.717, 1.165) is 24.9 Å². The van der Waals surface area contributed by atoms with E-state index in [0.29, 0.717) is 18.2 Å². The maximum atomic E-state index is 12.3. The molecule has 0 saturated carbocycles. The van der Waals surface area contributed by atoms with E-state index in [9.17, 15) is 4.79 Å². The van der Waals surface area contributed by atoms with Crippen molar-refractivity contribution in [2.75, 3.05) is 18.4 Å². The zero-order valence-electron chi connectivity index (χ0n) is 15.1. The maximum absolute atomic E-state index is 12.3. The first kappa shape index (κ1) is 17.9. The van der Waals surface area contributed by atoms with Gasteiger partial charge in [-0.25, -0.2) is 9.97 Å². The molecule has 6 nitrogen and oxygen atoms in total. The Kier molecular flexibility index (Phi) is 6.19. The Balaban J connectivity index is 1.51. The second kappa shape index (κ2) is 8.99. The molecule has 0 radical (unpaired) electrons. The highest BCUT2D eigenvalue weighted by Gasteiger charge is 2.09.